The maximum Gasteiger partial charge on any atom is 0.0522 e. The standard InChI is InChI=1S/C48H40N2S2/c1-4-13-33(14-5-1)34-23-25-37(26-24-34)49(38-27-29-45-41(31-38)40-19-10-11-21-44(40)51-45)39-28-30-46-42(32-39)48-43(20-12-22-47(48)52-46)50(35-15-6-2-7-16-35)36-17-8-3-9-18-36/h1-2,4,6-8,10-13,15-17,19-26,28,30-32,36H,3,5,9,14,18,27,29H2. The van der Waals surface area contributed by atoms with E-state index in [0.717, 1.165) is 38.5 Å². The number of allylic oxidation sites excluding steroid dienone is 6. The lowest BCUT2D eigenvalue weighted by Crippen LogP contribution is -2.30. The molecular weight excluding hydrogens is 669 g/mol. The number of thiophene rings is 2. The second-order valence-corrected chi connectivity index (χ2v) is 16.4. The number of aryl methyl sites for hydroxylation is 1. The van der Waals surface area contributed by atoms with Crippen molar-refractivity contribution in [2.24, 2.45) is 0 Å². The second kappa shape index (κ2) is 13.4. The number of fused-ring (bicyclic) bond motifs is 6. The summed E-state index contributed by atoms with van der Waals surface area (Å²) < 4.78 is 4.04. The van der Waals surface area contributed by atoms with Crippen LogP contribution in [0.15, 0.2) is 151 Å². The van der Waals surface area contributed by atoms with Gasteiger partial charge in [0.15, 0.2) is 0 Å². The van der Waals surface area contributed by atoms with E-state index < -0.39 is 0 Å². The van der Waals surface area contributed by atoms with Crippen LogP contribution in [0, 0.1) is 0 Å². The summed E-state index contributed by atoms with van der Waals surface area (Å²) in [6.45, 7) is 0. The zero-order valence-electron chi connectivity index (χ0n) is 29.2. The first-order chi connectivity index (χ1) is 25.8. The topological polar surface area (TPSA) is 6.48 Å². The molecule has 0 aliphatic heterocycles. The Morgan fingerprint density at radius 3 is 2.29 bits per heavy atom. The minimum atomic E-state index is 0.326. The van der Waals surface area contributed by atoms with Gasteiger partial charge in [0.1, 0.15) is 0 Å². The van der Waals surface area contributed by atoms with E-state index in [-0.39, 0.29) is 0 Å². The molecule has 2 aromatic heterocycles. The van der Waals surface area contributed by atoms with Crippen LogP contribution in [0.25, 0.3) is 41.9 Å². The van der Waals surface area contributed by atoms with Crippen LogP contribution in [0.2, 0.25) is 0 Å². The summed E-state index contributed by atoms with van der Waals surface area (Å²) in [4.78, 5) is 6.63. The van der Waals surface area contributed by atoms with Crippen LogP contribution in [0.5, 0.6) is 0 Å². The van der Waals surface area contributed by atoms with Gasteiger partial charge in [0.05, 0.1) is 11.7 Å². The smallest absolute Gasteiger partial charge is 0.0522 e. The van der Waals surface area contributed by atoms with Crippen LogP contribution >= 0.6 is 22.7 Å². The van der Waals surface area contributed by atoms with Gasteiger partial charge < -0.3 is 9.80 Å². The number of rotatable bonds is 7. The van der Waals surface area contributed by atoms with Crippen molar-refractivity contribution in [3.8, 4) is 0 Å². The molecule has 0 radical (unpaired) electrons. The summed E-state index contributed by atoms with van der Waals surface area (Å²) in [7, 11) is 0. The summed E-state index contributed by atoms with van der Waals surface area (Å²) in [5.74, 6) is 0. The van der Waals surface area contributed by atoms with E-state index in [4.69, 9.17) is 0 Å². The minimum Gasteiger partial charge on any atom is -0.334 e. The molecule has 5 aromatic carbocycles. The van der Waals surface area contributed by atoms with Crippen molar-refractivity contribution in [3.63, 3.8) is 0 Å². The molecule has 4 heteroatoms. The van der Waals surface area contributed by atoms with Gasteiger partial charge in [-0.15, -0.1) is 22.7 Å². The fourth-order valence-corrected chi connectivity index (χ4v) is 10.8. The van der Waals surface area contributed by atoms with Crippen molar-refractivity contribution in [1.29, 1.82) is 0 Å². The zero-order chi connectivity index (χ0) is 34.4. The molecule has 0 spiro atoms. The first-order valence-electron chi connectivity index (χ1n) is 18.7. The molecule has 2 nitrogen and oxygen atoms in total. The lowest BCUT2D eigenvalue weighted by atomic mass is 9.96. The van der Waals surface area contributed by atoms with Crippen molar-refractivity contribution < 1.29 is 0 Å². The number of hydrogen-bond acceptors (Lipinski definition) is 4. The molecule has 0 bridgehead atoms. The Morgan fingerprint density at radius 1 is 0.615 bits per heavy atom. The van der Waals surface area contributed by atoms with Crippen molar-refractivity contribution in [2.45, 2.75) is 51.0 Å². The lowest BCUT2D eigenvalue weighted by molar-refractivity contribution is 0.632. The largest absolute Gasteiger partial charge is 0.334 e. The monoisotopic (exact) mass is 708 g/mol. The summed E-state index contributed by atoms with van der Waals surface area (Å²) in [6.07, 6.45) is 21.8. The third-order valence-electron chi connectivity index (χ3n) is 11.0. The molecule has 0 N–H and O–H groups in total. The van der Waals surface area contributed by atoms with E-state index in [0.29, 0.717) is 6.04 Å². The Morgan fingerprint density at radius 2 is 1.44 bits per heavy atom. The highest BCUT2D eigenvalue weighted by Gasteiger charge is 2.26. The predicted octanol–water partition coefficient (Wildman–Crippen LogP) is 14.4. The first-order valence-corrected chi connectivity index (χ1v) is 20.4. The maximum atomic E-state index is 2.59. The van der Waals surface area contributed by atoms with Crippen LogP contribution in [0.4, 0.5) is 22.7 Å². The van der Waals surface area contributed by atoms with Crippen molar-refractivity contribution in [2.75, 3.05) is 9.80 Å². The molecule has 254 valence electrons. The fourth-order valence-electron chi connectivity index (χ4n) is 8.51. The third kappa shape index (κ3) is 5.62. The number of benzene rings is 5. The molecule has 2 heterocycles. The van der Waals surface area contributed by atoms with Gasteiger partial charge in [0.25, 0.3) is 0 Å². The normalized spacial score (nSPS) is 17.0. The van der Waals surface area contributed by atoms with E-state index >= 15 is 0 Å². The Labute approximate surface area is 314 Å². The van der Waals surface area contributed by atoms with Gasteiger partial charge in [-0.1, -0.05) is 85.0 Å². The molecule has 0 fully saturated rings. The molecule has 0 saturated carbocycles. The Balaban J connectivity index is 1.15. The summed E-state index contributed by atoms with van der Waals surface area (Å²) in [6, 6.07) is 43.6. The summed E-state index contributed by atoms with van der Waals surface area (Å²) in [5.41, 5.74) is 10.4. The van der Waals surface area contributed by atoms with E-state index in [1.165, 1.54) is 86.7 Å². The molecule has 1 unspecified atom stereocenters. The highest BCUT2D eigenvalue weighted by atomic mass is 32.1. The highest BCUT2D eigenvalue weighted by Crippen LogP contribution is 2.47. The van der Waals surface area contributed by atoms with Crippen LogP contribution in [-0.2, 0) is 6.42 Å². The lowest BCUT2D eigenvalue weighted by Gasteiger charge is -2.34. The Kier molecular flexibility index (Phi) is 8.15. The quantitative estimate of drug-likeness (QED) is 0.152. The second-order valence-electron chi connectivity index (χ2n) is 14.2. The maximum absolute atomic E-state index is 2.59. The van der Waals surface area contributed by atoms with Gasteiger partial charge >= 0.3 is 0 Å². The molecular formula is C48H40N2S2. The van der Waals surface area contributed by atoms with Crippen LogP contribution in [0.3, 0.4) is 0 Å². The molecule has 0 amide bonds. The Hall–Kier alpha value is -5.16. The number of hydrogen-bond donors (Lipinski definition) is 0. The van der Waals surface area contributed by atoms with Gasteiger partial charge in [-0.05, 0) is 128 Å². The molecule has 3 aliphatic carbocycles. The first kappa shape index (κ1) is 31.6. The number of nitrogens with zero attached hydrogens (tertiary/aromatic N) is 2. The van der Waals surface area contributed by atoms with Crippen LogP contribution in [-0.4, -0.2) is 6.04 Å². The van der Waals surface area contributed by atoms with E-state index in [9.17, 15) is 0 Å². The molecule has 0 saturated heterocycles. The molecule has 52 heavy (non-hydrogen) atoms. The molecule has 10 rings (SSSR count). The van der Waals surface area contributed by atoms with Gasteiger partial charge in [-0.2, -0.15) is 0 Å². The number of anilines is 4. The van der Waals surface area contributed by atoms with Crippen LogP contribution < -0.4 is 9.80 Å². The minimum absolute atomic E-state index is 0.326. The van der Waals surface area contributed by atoms with E-state index in [1.807, 2.05) is 22.7 Å². The van der Waals surface area contributed by atoms with Crippen LogP contribution in [0.1, 0.15) is 54.5 Å². The average molecular weight is 709 g/mol. The van der Waals surface area contributed by atoms with E-state index in [2.05, 4.69) is 162 Å². The Bertz CT molecular complexity index is 2560. The van der Waals surface area contributed by atoms with Crippen molar-refractivity contribution >= 4 is 87.3 Å². The molecule has 3 aliphatic rings. The van der Waals surface area contributed by atoms with Gasteiger partial charge in [-0.25, -0.2) is 0 Å². The average Bonchev–Trinajstić information content (AvgIpc) is 3.78. The third-order valence-corrected chi connectivity index (χ3v) is 13.4. The highest BCUT2D eigenvalue weighted by molar-refractivity contribution is 7.26. The van der Waals surface area contributed by atoms with Gasteiger partial charge in [0, 0.05) is 57.9 Å². The van der Waals surface area contributed by atoms with E-state index in [1.54, 1.807) is 0 Å². The SMILES string of the molecule is C1=CCCC(c2ccc(N(C3=Cc4c(sc5ccccc45)CC3)c3ccc4sc5cccc(N(c6ccccc6)C6C=CCCC6)c5c4c3)cc2)=C1. The summed E-state index contributed by atoms with van der Waals surface area (Å²) in [5, 5.41) is 4.05. The van der Waals surface area contributed by atoms with Crippen molar-refractivity contribution in [3.05, 3.63) is 167 Å². The fraction of sp³-hybridized carbons (Fsp3) is 0.167. The zero-order valence-corrected chi connectivity index (χ0v) is 30.8. The van der Waals surface area contributed by atoms with Gasteiger partial charge in [-0.3, -0.25) is 0 Å². The predicted molar refractivity (Wildman–Crippen MR) is 228 cm³/mol. The van der Waals surface area contributed by atoms with Crippen molar-refractivity contribution in [1.82, 2.24) is 0 Å². The number of para-hydroxylation sites is 1. The van der Waals surface area contributed by atoms with Gasteiger partial charge in [0.2, 0.25) is 0 Å². The molecule has 7 aromatic rings. The summed E-state index contributed by atoms with van der Waals surface area (Å²) >= 11 is 3.87. The molecule has 1 atom stereocenters.